The van der Waals surface area contributed by atoms with Gasteiger partial charge in [0.1, 0.15) is 0 Å². The minimum atomic E-state index is -0.927. The van der Waals surface area contributed by atoms with Gasteiger partial charge in [-0.3, -0.25) is 9.59 Å². The maximum absolute atomic E-state index is 12.2. The molecule has 0 heterocycles. The van der Waals surface area contributed by atoms with Crippen LogP contribution in [0.2, 0.25) is 0 Å². The fraction of sp³-hybridized carbons (Fsp3) is 0.857. The molecule has 0 amide bonds. The Morgan fingerprint density at radius 1 is 1.06 bits per heavy atom. The van der Waals surface area contributed by atoms with Crippen LogP contribution in [-0.2, 0) is 14.3 Å². The summed E-state index contributed by atoms with van der Waals surface area (Å²) in [6.07, 6.45) is 4.40. The van der Waals surface area contributed by atoms with Crippen LogP contribution in [0, 0.1) is 5.41 Å². The van der Waals surface area contributed by atoms with Crippen molar-refractivity contribution in [3.63, 3.8) is 0 Å². The summed E-state index contributed by atoms with van der Waals surface area (Å²) in [6.45, 7) is 6.34. The molecule has 0 spiro atoms. The summed E-state index contributed by atoms with van der Waals surface area (Å²) in [4.78, 5) is 23.2. The van der Waals surface area contributed by atoms with Gasteiger partial charge >= 0.3 is 11.9 Å². The molecule has 18 heavy (non-hydrogen) atoms. The van der Waals surface area contributed by atoms with Crippen LogP contribution in [0.3, 0.4) is 0 Å². The summed E-state index contributed by atoms with van der Waals surface area (Å²) >= 11 is 0. The molecule has 0 unspecified atom stereocenters. The summed E-state index contributed by atoms with van der Waals surface area (Å²) in [5.41, 5.74) is -0.830. The van der Waals surface area contributed by atoms with Crippen LogP contribution in [0.5, 0.6) is 0 Å². The number of carboxylic acid groups (broad SMARTS) is 1. The Morgan fingerprint density at radius 3 is 2.00 bits per heavy atom. The fourth-order valence-corrected chi connectivity index (χ4v) is 2.29. The highest BCUT2D eigenvalue weighted by molar-refractivity contribution is 5.82. The third kappa shape index (κ3) is 5.52. The maximum Gasteiger partial charge on any atom is 0.312 e. The van der Waals surface area contributed by atoms with Crippen molar-refractivity contribution in [1.29, 1.82) is 0 Å². The zero-order valence-electron chi connectivity index (χ0n) is 11.8. The van der Waals surface area contributed by atoms with Gasteiger partial charge in [0.2, 0.25) is 0 Å². The molecule has 0 aromatic heterocycles. The monoisotopic (exact) mass is 258 g/mol. The van der Waals surface area contributed by atoms with Crippen LogP contribution < -0.4 is 0 Å². The van der Waals surface area contributed by atoms with Gasteiger partial charge in [0.15, 0.2) is 0 Å². The van der Waals surface area contributed by atoms with Crippen molar-refractivity contribution in [1.82, 2.24) is 0 Å². The predicted molar refractivity (Wildman–Crippen MR) is 70.4 cm³/mol. The zero-order valence-corrected chi connectivity index (χ0v) is 11.8. The fourth-order valence-electron chi connectivity index (χ4n) is 2.29. The van der Waals surface area contributed by atoms with Gasteiger partial charge in [-0.15, -0.1) is 0 Å². The van der Waals surface area contributed by atoms with Crippen molar-refractivity contribution < 1.29 is 19.4 Å². The highest BCUT2D eigenvalue weighted by atomic mass is 16.5. The highest BCUT2D eigenvalue weighted by Gasteiger charge is 2.40. The second kappa shape index (κ2) is 8.95. The number of rotatable bonds is 10. The molecule has 0 rings (SSSR count). The van der Waals surface area contributed by atoms with Crippen molar-refractivity contribution in [2.24, 2.45) is 5.41 Å². The van der Waals surface area contributed by atoms with E-state index in [0.29, 0.717) is 19.4 Å². The first kappa shape index (κ1) is 16.9. The van der Waals surface area contributed by atoms with Crippen molar-refractivity contribution in [3.05, 3.63) is 0 Å². The Balaban J connectivity index is 4.77. The van der Waals surface area contributed by atoms with E-state index in [2.05, 4.69) is 0 Å². The molecule has 1 N–H and O–H groups in total. The number of esters is 1. The van der Waals surface area contributed by atoms with Gasteiger partial charge in [-0.1, -0.05) is 40.0 Å². The van der Waals surface area contributed by atoms with Gasteiger partial charge in [-0.05, 0) is 19.3 Å². The molecule has 0 aliphatic heterocycles. The SMILES string of the molecule is CCCCOC(=O)C(CCC)(CCC)CC(=O)O. The van der Waals surface area contributed by atoms with E-state index < -0.39 is 11.4 Å². The standard InChI is InChI=1S/C14H26O4/c1-4-7-10-18-13(17)14(8-5-2,9-6-3)11-12(15)16/h4-11H2,1-3H3,(H,15,16). The number of hydrogen-bond acceptors (Lipinski definition) is 3. The quantitative estimate of drug-likeness (QED) is 0.482. The lowest BCUT2D eigenvalue weighted by molar-refractivity contribution is -0.162. The zero-order chi connectivity index (χ0) is 14.0. The molecule has 0 bridgehead atoms. The maximum atomic E-state index is 12.2. The molecule has 0 fully saturated rings. The van der Waals surface area contributed by atoms with E-state index in [4.69, 9.17) is 9.84 Å². The molecule has 106 valence electrons. The number of carbonyl (C=O) groups excluding carboxylic acids is 1. The van der Waals surface area contributed by atoms with Gasteiger partial charge < -0.3 is 9.84 Å². The lowest BCUT2D eigenvalue weighted by atomic mass is 9.76. The topological polar surface area (TPSA) is 63.6 Å². The van der Waals surface area contributed by atoms with Gasteiger partial charge in [0.25, 0.3) is 0 Å². The van der Waals surface area contributed by atoms with Crippen molar-refractivity contribution in [2.75, 3.05) is 6.61 Å². The Morgan fingerprint density at radius 2 is 1.61 bits per heavy atom. The Kier molecular flexibility index (Phi) is 8.42. The molecule has 0 atom stereocenters. The number of hydrogen-bond donors (Lipinski definition) is 1. The Labute approximate surface area is 110 Å². The van der Waals surface area contributed by atoms with Gasteiger partial charge in [-0.25, -0.2) is 0 Å². The van der Waals surface area contributed by atoms with E-state index in [1.807, 2.05) is 20.8 Å². The van der Waals surface area contributed by atoms with Gasteiger partial charge in [0, 0.05) is 0 Å². The summed E-state index contributed by atoms with van der Waals surface area (Å²) in [5, 5.41) is 9.02. The summed E-state index contributed by atoms with van der Waals surface area (Å²) < 4.78 is 5.25. The van der Waals surface area contributed by atoms with E-state index in [1.54, 1.807) is 0 Å². The van der Waals surface area contributed by atoms with E-state index >= 15 is 0 Å². The van der Waals surface area contributed by atoms with Crippen LogP contribution in [0.25, 0.3) is 0 Å². The second-order valence-corrected chi connectivity index (χ2v) is 4.84. The van der Waals surface area contributed by atoms with Crippen LogP contribution in [0.4, 0.5) is 0 Å². The van der Waals surface area contributed by atoms with Crippen molar-refractivity contribution in [2.45, 2.75) is 65.7 Å². The van der Waals surface area contributed by atoms with Crippen molar-refractivity contribution >= 4 is 11.9 Å². The number of carbonyl (C=O) groups is 2. The molecular formula is C14H26O4. The lowest BCUT2D eigenvalue weighted by Crippen LogP contribution is -2.35. The molecule has 0 radical (unpaired) electrons. The number of unbranched alkanes of at least 4 members (excludes halogenated alkanes) is 1. The van der Waals surface area contributed by atoms with E-state index in [9.17, 15) is 9.59 Å². The average Bonchev–Trinajstić information content (AvgIpc) is 2.28. The van der Waals surface area contributed by atoms with Gasteiger partial charge in [-0.2, -0.15) is 0 Å². The minimum Gasteiger partial charge on any atom is -0.481 e. The molecule has 0 saturated carbocycles. The molecule has 0 aliphatic carbocycles. The Bertz CT molecular complexity index is 255. The Hall–Kier alpha value is -1.06. The molecular weight excluding hydrogens is 232 g/mol. The van der Waals surface area contributed by atoms with Crippen LogP contribution in [-0.4, -0.2) is 23.7 Å². The first-order chi connectivity index (χ1) is 8.52. The molecule has 4 nitrogen and oxygen atoms in total. The predicted octanol–water partition coefficient (Wildman–Crippen LogP) is 3.39. The normalized spacial score (nSPS) is 11.3. The lowest BCUT2D eigenvalue weighted by Gasteiger charge is -2.29. The second-order valence-electron chi connectivity index (χ2n) is 4.84. The summed E-state index contributed by atoms with van der Waals surface area (Å²) in [7, 11) is 0. The van der Waals surface area contributed by atoms with Crippen LogP contribution in [0.1, 0.15) is 65.7 Å². The minimum absolute atomic E-state index is 0.125. The smallest absolute Gasteiger partial charge is 0.312 e. The van der Waals surface area contributed by atoms with E-state index in [0.717, 1.165) is 25.7 Å². The number of aliphatic carboxylic acids is 1. The average molecular weight is 258 g/mol. The third-order valence-corrected chi connectivity index (χ3v) is 3.11. The first-order valence-corrected chi connectivity index (χ1v) is 6.91. The number of ether oxygens (including phenoxy) is 1. The molecule has 4 heteroatoms. The van der Waals surface area contributed by atoms with Crippen molar-refractivity contribution in [3.8, 4) is 0 Å². The molecule has 0 aromatic carbocycles. The first-order valence-electron chi connectivity index (χ1n) is 6.91. The largest absolute Gasteiger partial charge is 0.481 e. The highest BCUT2D eigenvalue weighted by Crippen LogP contribution is 2.35. The van der Waals surface area contributed by atoms with E-state index in [-0.39, 0.29) is 12.4 Å². The molecule has 0 saturated heterocycles. The van der Waals surface area contributed by atoms with E-state index in [1.165, 1.54) is 0 Å². The van der Waals surface area contributed by atoms with Crippen LogP contribution >= 0.6 is 0 Å². The summed E-state index contributed by atoms with van der Waals surface area (Å²) in [5.74, 6) is -1.26. The van der Waals surface area contributed by atoms with Crippen LogP contribution in [0.15, 0.2) is 0 Å². The number of carboxylic acids is 1. The molecule has 0 aromatic rings. The van der Waals surface area contributed by atoms with Gasteiger partial charge in [0.05, 0.1) is 18.4 Å². The molecule has 0 aliphatic rings. The third-order valence-electron chi connectivity index (χ3n) is 3.11. The summed E-state index contributed by atoms with van der Waals surface area (Å²) in [6, 6.07) is 0.